The van der Waals surface area contributed by atoms with Gasteiger partial charge in [-0.25, -0.2) is 0 Å². The summed E-state index contributed by atoms with van der Waals surface area (Å²) in [5.74, 6) is 0.198. The predicted octanol–water partition coefficient (Wildman–Crippen LogP) is 3.85. The molecular formula is C14H24O2. The molecule has 2 nitrogen and oxygen atoms in total. The van der Waals surface area contributed by atoms with E-state index in [1.165, 1.54) is 38.5 Å². The molecule has 1 aliphatic rings. The quantitative estimate of drug-likeness (QED) is 0.355. The highest BCUT2D eigenvalue weighted by Gasteiger charge is 2.31. The van der Waals surface area contributed by atoms with Crippen LogP contribution in [0.3, 0.4) is 0 Å². The van der Waals surface area contributed by atoms with Crippen LogP contribution in [0.1, 0.15) is 58.3 Å². The molecule has 16 heavy (non-hydrogen) atoms. The minimum Gasteiger partial charge on any atom is -0.462 e. The molecule has 1 fully saturated rings. The van der Waals surface area contributed by atoms with Crippen LogP contribution in [0.5, 0.6) is 0 Å². The van der Waals surface area contributed by atoms with Crippen LogP contribution in [0.2, 0.25) is 0 Å². The summed E-state index contributed by atoms with van der Waals surface area (Å²) in [7, 11) is 0. The Labute approximate surface area is 99.1 Å². The number of rotatable bonds is 8. The number of carbonyl (C=O) groups is 1. The molecule has 0 aromatic rings. The monoisotopic (exact) mass is 224 g/mol. The number of cyclic esters (lactones) is 1. The lowest BCUT2D eigenvalue weighted by atomic mass is 9.96. The number of carbonyl (C=O) groups excluding carboxylic acids is 1. The third kappa shape index (κ3) is 4.38. The Bertz CT molecular complexity index is 223. The Balaban J connectivity index is 2.08. The lowest BCUT2D eigenvalue weighted by molar-refractivity contribution is -0.141. The van der Waals surface area contributed by atoms with E-state index in [0.717, 1.165) is 6.42 Å². The van der Waals surface area contributed by atoms with E-state index in [2.05, 4.69) is 13.5 Å². The maximum absolute atomic E-state index is 11.1. The maximum Gasteiger partial charge on any atom is 0.306 e. The average Bonchev–Trinajstić information content (AvgIpc) is 2.64. The summed E-state index contributed by atoms with van der Waals surface area (Å²) < 4.78 is 5.28. The number of hydrogen-bond acceptors (Lipinski definition) is 2. The molecule has 0 unspecified atom stereocenters. The third-order valence-corrected chi connectivity index (χ3v) is 3.31. The summed E-state index contributed by atoms with van der Waals surface area (Å²) in [6, 6.07) is 0. The van der Waals surface area contributed by atoms with Gasteiger partial charge in [-0.05, 0) is 12.8 Å². The molecule has 0 aliphatic carbocycles. The maximum atomic E-state index is 11.1. The second-order valence-corrected chi connectivity index (χ2v) is 4.69. The van der Waals surface area contributed by atoms with Gasteiger partial charge < -0.3 is 4.74 Å². The first-order chi connectivity index (χ1) is 7.77. The first-order valence-corrected chi connectivity index (χ1v) is 6.60. The zero-order chi connectivity index (χ0) is 11.8. The third-order valence-electron chi connectivity index (χ3n) is 3.31. The van der Waals surface area contributed by atoms with E-state index in [1.54, 1.807) is 0 Å². The zero-order valence-electron chi connectivity index (χ0n) is 10.4. The van der Waals surface area contributed by atoms with Crippen molar-refractivity contribution < 1.29 is 9.53 Å². The minimum atomic E-state index is -0.0547. The topological polar surface area (TPSA) is 26.3 Å². The smallest absolute Gasteiger partial charge is 0.306 e. The minimum absolute atomic E-state index is 0.0547. The van der Waals surface area contributed by atoms with Gasteiger partial charge in [0.2, 0.25) is 0 Å². The SMILES string of the molecule is C=C[C@@H]1CC(=O)O[C@H]1CCCCCCCC. The molecule has 1 heterocycles. The number of hydrogen-bond donors (Lipinski definition) is 0. The highest BCUT2D eigenvalue weighted by atomic mass is 16.5. The molecule has 2 atom stereocenters. The largest absolute Gasteiger partial charge is 0.462 e. The first-order valence-electron chi connectivity index (χ1n) is 6.60. The van der Waals surface area contributed by atoms with Gasteiger partial charge in [0.05, 0.1) is 6.42 Å². The highest BCUT2D eigenvalue weighted by molar-refractivity contribution is 5.72. The molecule has 1 rings (SSSR count). The van der Waals surface area contributed by atoms with Crippen LogP contribution >= 0.6 is 0 Å². The van der Waals surface area contributed by atoms with Crippen molar-refractivity contribution in [1.82, 2.24) is 0 Å². The highest BCUT2D eigenvalue weighted by Crippen LogP contribution is 2.27. The normalized spacial score (nSPS) is 24.4. The average molecular weight is 224 g/mol. The van der Waals surface area contributed by atoms with Gasteiger partial charge in [-0.3, -0.25) is 4.79 Å². The Kier molecular flexibility index (Phi) is 6.20. The molecule has 2 heteroatoms. The summed E-state index contributed by atoms with van der Waals surface area (Å²) in [6.07, 6.45) is 11.2. The fourth-order valence-corrected chi connectivity index (χ4v) is 2.26. The molecule has 1 aliphatic heterocycles. The van der Waals surface area contributed by atoms with E-state index >= 15 is 0 Å². The van der Waals surface area contributed by atoms with Gasteiger partial charge >= 0.3 is 5.97 Å². The van der Waals surface area contributed by atoms with E-state index in [0.29, 0.717) is 6.42 Å². The molecule has 0 saturated carbocycles. The van der Waals surface area contributed by atoms with Gasteiger partial charge in [0, 0.05) is 5.92 Å². The van der Waals surface area contributed by atoms with Gasteiger partial charge in [-0.1, -0.05) is 45.1 Å². The van der Waals surface area contributed by atoms with Crippen molar-refractivity contribution in [2.45, 2.75) is 64.4 Å². The van der Waals surface area contributed by atoms with E-state index in [4.69, 9.17) is 4.74 Å². The Morgan fingerprint density at radius 3 is 2.69 bits per heavy atom. The van der Waals surface area contributed by atoms with E-state index in [1.807, 2.05) is 6.08 Å². The van der Waals surface area contributed by atoms with Crippen LogP contribution in [-0.4, -0.2) is 12.1 Å². The molecular weight excluding hydrogens is 200 g/mol. The number of esters is 1. The molecule has 0 aromatic carbocycles. The summed E-state index contributed by atoms with van der Waals surface area (Å²) in [5, 5.41) is 0. The van der Waals surface area contributed by atoms with Gasteiger partial charge in [0.25, 0.3) is 0 Å². The van der Waals surface area contributed by atoms with Gasteiger partial charge in [-0.15, -0.1) is 6.58 Å². The Morgan fingerprint density at radius 2 is 2.00 bits per heavy atom. The summed E-state index contributed by atoms with van der Waals surface area (Å²) in [5.41, 5.74) is 0. The standard InChI is InChI=1S/C14H24O2/c1-3-5-6-7-8-9-10-13-12(4-2)11-14(15)16-13/h4,12-13H,2-3,5-11H2,1H3/t12-,13+/m1/s1. The van der Waals surface area contributed by atoms with Crippen LogP contribution in [0.15, 0.2) is 12.7 Å². The molecule has 1 saturated heterocycles. The van der Waals surface area contributed by atoms with Crippen molar-refractivity contribution in [2.75, 3.05) is 0 Å². The van der Waals surface area contributed by atoms with Gasteiger partial charge in [0.1, 0.15) is 6.10 Å². The van der Waals surface area contributed by atoms with E-state index in [-0.39, 0.29) is 18.0 Å². The molecule has 92 valence electrons. The Morgan fingerprint density at radius 1 is 1.31 bits per heavy atom. The first kappa shape index (κ1) is 13.3. The van der Waals surface area contributed by atoms with Crippen molar-refractivity contribution in [1.29, 1.82) is 0 Å². The lowest BCUT2D eigenvalue weighted by Crippen LogP contribution is -2.13. The van der Waals surface area contributed by atoms with E-state index in [9.17, 15) is 4.79 Å². The van der Waals surface area contributed by atoms with Crippen molar-refractivity contribution >= 4 is 5.97 Å². The summed E-state index contributed by atoms with van der Waals surface area (Å²) in [6.45, 7) is 5.99. The molecule has 0 amide bonds. The fraction of sp³-hybridized carbons (Fsp3) is 0.786. The van der Waals surface area contributed by atoms with Crippen LogP contribution in [-0.2, 0) is 9.53 Å². The van der Waals surface area contributed by atoms with Crippen molar-refractivity contribution in [2.24, 2.45) is 5.92 Å². The van der Waals surface area contributed by atoms with Crippen molar-refractivity contribution in [3.8, 4) is 0 Å². The van der Waals surface area contributed by atoms with E-state index < -0.39 is 0 Å². The molecule has 0 aromatic heterocycles. The summed E-state index contributed by atoms with van der Waals surface area (Å²) in [4.78, 5) is 11.1. The second-order valence-electron chi connectivity index (χ2n) is 4.69. The lowest BCUT2D eigenvalue weighted by Gasteiger charge is -2.13. The Hall–Kier alpha value is -0.790. The fourth-order valence-electron chi connectivity index (χ4n) is 2.26. The second kappa shape index (κ2) is 7.48. The molecule has 0 bridgehead atoms. The van der Waals surface area contributed by atoms with Crippen LogP contribution < -0.4 is 0 Å². The van der Waals surface area contributed by atoms with Crippen LogP contribution in [0.25, 0.3) is 0 Å². The zero-order valence-corrected chi connectivity index (χ0v) is 10.4. The molecule has 0 radical (unpaired) electrons. The predicted molar refractivity (Wildman–Crippen MR) is 66.2 cm³/mol. The summed E-state index contributed by atoms with van der Waals surface area (Å²) >= 11 is 0. The molecule has 0 spiro atoms. The van der Waals surface area contributed by atoms with Gasteiger partial charge in [0.15, 0.2) is 0 Å². The van der Waals surface area contributed by atoms with Crippen molar-refractivity contribution in [3.63, 3.8) is 0 Å². The van der Waals surface area contributed by atoms with Crippen molar-refractivity contribution in [3.05, 3.63) is 12.7 Å². The number of ether oxygens (including phenoxy) is 1. The van der Waals surface area contributed by atoms with Crippen LogP contribution in [0, 0.1) is 5.92 Å². The van der Waals surface area contributed by atoms with Crippen LogP contribution in [0.4, 0.5) is 0 Å². The number of unbranched alkanes of at least 4 members (excludes halogenated alkanes) is 5. The van der Waals surface area contributed by atoms with Gasteiger partial charge in [-0.2, -0.15) is 0 Å². The molecule has 0 N–H and O–H groups in total.